The number of nitrogens with one attached hydrogen (secondary N) is 1. The van der Waals surface area contributed by atoms with Gasteiger partial charge in [0.25, 0.3) is 0 Å². The third-order valence-electron chi connectivity index (χ3n) is 3.02. The van der Waals surface area contributed by atoms with E-state index in [1.165, 1.54) is 0 Å². The van der Waals surface area contributed by atoms with E-state index in [2.05, 4.69) is 4.72 Å². The topological polar surface area (TPSA) is 52.9 Å². The number of halogens is 1. The van der Waals surface area contributed by atoms with Crippen molar-refractivity contribution in [2.24, 2.45) is 0 Å². The number of rotatable bonds is 5. The first-order valence-electron chi connectivity index (χ1n) is 6.45. The fraction of sp³-hybridized carbons (Fsp3) is 0.188. The summed E-state index contributed by atoms with van der Waals surface area (Å²) < 4.78 is 29.0. The van der Waals surface area contributed by atoms with Crippen molar-refractivity contribution in [3.63, 3.8) is 0 Å². The van der Waals surface area contributed by atoms with Gasteiger partial charge in [0.05, 0.1) is 11.0 Å². The maximum absolute atomic E-state index is 14.3. The Balaban J connectivity index is 2.11. The highest BCUT2D eigenvalue weighted by Crippen LogP contribution is 2.21. The highest BCUT2D eigenvalue weighted by molar-refractivity contribution is 7.83. The third kappa shape index (κ3) is 3.97. The quantitative estimate of drug-likeness (QED) is 0.922. The van der Waals surface area contributed by atoms with E-state index in [1.807, 2.05) is 25.1 Å². The van der Waals surface area contributed by atoms with Gasteiger partial charge in [0, 0.05) is 0 Å². The van der Waals surface area contributed by atoms with E-state index in [0.29, 0.717) is 10.5 Å². The number of hydrogen-bond donors (Lipinski definition) is 1. The largest absolute Gasteiger partial charge is 0.239 e. The van der Waals surface area contributed by atoms with Gasteiger partial charge in [-0.2, -0.15) is 5.26 Å². The molecule has 0 radical (unpaired) electrons. The van der Waals surface area contributed by atoms with Crippen LogP contribution >= 0.6 is 0 Å². The lowest BCUT2D eigenvalue weighted by Gasteiger charge is -2.16. The molecule has 1 unspecified atom stereocenters. The van der Waals surface area contributed by atoms with Crippen LogP contribution in [0.15, 0.2) is 59.5 Å². The molecule has 2 aromatic carbocycles. The van der Waals surface area contributed by atoms with Crippen molar-refractivity contribution in [3.05, 3.63) is 65.7 Å². The maximum Gasteiger partial charge on any atom is 0.155 e. The normalized spacial score (nSPS) is 14.9. The summed E-state index contributed by atoms with van der Waals surface area (Å²) in [6.07, 6.45) is -1.54. The van der Waals surface area contributed by atoms with Crippen molar-refractivity contribution in [2.45, 2.75) is 24.0 Å². The first kappa shape index (κ1) is 15.4. The van der Waals surface area contributed by atoms with Crippen LogP contribution in [0.1, 0.15) is 17.3 Å². The Morgan fingerprint density at radius 3 is 2.33 bits per heavy atom. The molecule has 2 rings (SSSR count). The molecule has 0 aliphatic heterocycles. The molecule has 0 amide bonds. The van der Waals surface area contributed by atoms with Gasteiger partial charge in [-0.25, -0.2) is 13.3 Å². The Labute approximate surface area is 126 Å². The van der Waals surface area contributed by atoms with E-state index in [0.717, 1.165) is 5.56 Å². The zero-order valence-electron chi connectivity index (χ0n) is 11.5. The molecule has 0 saturated heterocycles. The molecule has 0 saturated carbocycles. The minimum atomic E-state index is -1.63. The van der Waals surface area contributed by atoms with Crippen molar-refractivity contribution < 1.29 is 8.60 Å². The smallest absolute Gasteiger partial charge is 0.155 e. The highest BCUT2D eigenvalue weighted by Gasteiger charge is 2.24. The second-order valence-electron chi connectivity index (χ2n) is 4.62. The minimum absolute atomic E-state index is 0.387. The number of aryl methyl sites for hydroxylation is 1. The van der Waals surface area contributed by atoms with E-state index >= 15 is 0 Å². The Bertz CT molecular complexity index is 652. The van der Waals surface area contributed by atoms with Crippen LogP contribution in [-0.2, 0) is 11.0 Å². The molecule has 1 N–H and O–H groups in total. The average molecular weight is 302 g/mol. The van der Waals surface area contributed by atoms with Crippen molar-refractivity contribution >= 4 is 11.0 Å². The van der Waals surface area contributed by atoms with Gasteiger partial charge in [-0.15, -0.1) is 0 Å². The second-order valence-corrected chi connectivity index (χ2v) is 5.86. The summed E-state index contributed by atoms with van der Waals surface area (Å²) in [7, 11) is -1.63. The Hall–Kier alpha value is -2.03. The van der Waals surface area contributed by atoms with Crippen LogP contribution in [0, 0.1) is 18.3 Å². The zero-order valence-corrected chi connectivity index (χ0v) is 12.3. The second kappa shape index (κ2) is 7.11. The molecule has 5 heteroatoms. The molecule has 21 heavy (non-hydrogen) atoms. The van der Waals surface area contributed by atoms with Crippen molar-refractivity contribution in [3.8, 4) is 6.07 Å². The van der Waals surface area contributed by atoms with E-state index in [1.54, 1.807) is 42.5 Å². The molecule has 0 spiro atoms. The molecular formula is C16H15FN2OS. The van der Waals surface area contributed by atoms with E-state index in [-0.39, 0.29) is 0 Å². The summed E-state index contributed by atoms with van der Waals surface area (Å²) in [6.45, 7) is 1.92. The molecule has 0 aliphatic rings. The van der Waals surface area contributed by atoms with Gasteiger partial charge in [0.2, 0.25) is 0 Å². The van der Waals surface area contributed by atoms with Crippen LogP contribution in [0.3, 0.4) is 0 Å². The predicted octanol–water partition coefficient (Wildman–Crippen LogP) is 3.21. The van der Waals surface area contributed by atoms with Crippen molar-refractivity contribution in [1.29, 1.82) is 5.26 Å². The lowest BCUT2D eigenvalue weighted by molar-refractivity contribution is 0.310. The van der Waals surface area contributed by atoms with Gasteiger partial charge in [-0.05, 0) is 24.6 Å². The van der Waals surface area contributed by atoms with Crippen LogP contribution in [-0.4, -0.2) is 10.3 Å². The number of benzene rings is 2. The molecular weight excluding hydrogens is 287 g/mol. The average Bonchev–Trinajstić information content (AvgIpc) is 2.53. The molecule has 0 aliphatic carbocycles. The van der Waals surface area contributed by atoms with E-state index < -0.39 is 23.2 Å². The molecule has 0 bridgehead atoms. The Kier molecular flexibility index (Phi) is 5.20. The number of nitrogens with zero attached hydrogens (tertiary/aromatic N) is 1. The molecule has 3 atom stereocenters. The standard InChI is InChI=1S/C16H15FN2OS/c1-12-7-9-14(10-8-12)21(20)19-15(11-18)16(17)13-5-3-2-4-6-13/h2-10,15-16,19H,1H3/t15-,16-,21?/m0/s1. The predicted molar refractivity (Wildman–Crippen MR) is 80.4 cm³/mol. The number of nitriles is 1. The van der Waals surface area contributed by atoms with Gasteiger partial charge in [-0.1, -0.05) is 48.0 Å². The Morgan fingerprint density at radius 2 is 1.76 bits per heavy atom. The first-order valence-corrected chi connectivity index (χ1v) is 7.60. The first-order chi connectivity index (χ1) is 10.1. The Morgan fingerprint density at radius 1 is 1.14 bits per heavy atom. The summed E-state index contributed by atoms with van der Waals surface area (Å²) >= 11 is 0. The van der Waals surface area contributed by atoms with E-state index in [9.17, 15) is 8.60 Å². The lowest BCUT2D eigenvalue weighted by Crippen LogP contribution is -2.33. The summed E-state index contributed by atoms with van der Waals surface area (Å²) in [5.74, 6) is 0. The van der Waals surface area contributed by atoms with Crippen molar-refractivity contribution in [1.82, 2.24) is 4.72 Å². The SMILES string of the molecule is Cc1ccc(S(=O)N[C@@H](C#N)[C@@H](F)c2ccccc2)cc1. The van der Waals surface area contributed by atoms with Crippen LogP contribution in [0.25, 0.3) is 0 Å². The maximum atomic E-state index is 14.3. The molecule has 108 valence electrons. The van der Waals surface area contributed by atoms with E-state index in [4.69, 9.17) is 5.26 Å². The molecule has 3 nitrogen and oxygen atoms in total. The van der Waals surface area contributed by atoms with Crippen LogP contribution in [0.2, 0.25) is 0 Å². The summed E-state index contributed by atoms with van der Waals surface area (Å²) in [4.78, 5) is 0.515. The van der Waals surface area contributed by atoms with Gasteiger partial charge in [0.15, 0.2) is 6.17 Å². The van der Waals surface area contributed by atoms with Crippen LogP contribution < -0.4 is 4.72 Å². The van der Waals surface area contributed by atoms with Crippen LogP contribution in [0.4, 0.5) is 4.39 Å². The summed E-state index contributed by atoms with van der Waals surface area (Å²) in [5.41, 5.74) is 1.43. The third-order valence-corrected chi connectivity index (χ3v) is 4.19. The molecule has 0 heterocycles. The monoisotopic (exact) mass is 302 g/mol. The molecule has 0 fully saturated rings. The van der Waals surface area contributed by atoms with Crippen LogP contribution in [0.5, 0.6) is 0 Å². The van der Waals surface area contributed by atoms with Crippen molar-refractivity contribution in [2.75, 3.05) is 0 Å². The fourth-order valence-corrected chi connectivity index (χ4v) is 2.75. The number of alkyl halides is 1. The van der Waals surface area contributed by atoms with Gasteiger partial charge >= 0.3 is 0 Å². The number of hydrogen-bond acceptors (Lipinski definition) is 2. The van der Waals surface area contributed by atoms with Gasteiger partial charge in [0.1, 0.15) is 17.0 Å². The molecule has 2 aromatic rings. The fourth-order valence-electron chi connectivity index (χ4n) is 1.83. The summed E-state index contributed by atoms with van der Waals surface area (Å²) in [5, 5.41) is 9.11. The minimum Gasteiger partial charge on any atom is -0.239 e. The lowest BCUT2D eigenvalue weighted by atomic mass is 10.1. The molecule has 0 aromatic heterocycles. The highest BCUT2D eigenvalue weighted by atomic mass is 32.2. The zero-order chi connectivity index (χ0) is 15.2. The summed E-state index contributed by atoms with van der Waals surface area (Å²) in [6, 6.07) is 16.1. The van der Waals surface area contributed by atoms with Gasteiger partial charge < -0.3 is 0 Å². The van der Waals surface area contributed by atoms with Gasteiger partial charge in [-0.3, -0.25) is 0 Å².